The van der Waals surface area contributed by atoms with Crippen molar-refractivity contribution in [3.63, 3.8) is 0 Å². The first kappa shape index (κ1) is 21.7. The van der Waals surface area contributed by atoms with Crippen molar-refractivity contribution in [3.05, 3.63) is 65.7 Å². The van der Waals surface area contributed by atoms with Gasteiger partial charge in [-0.15, -0.1) is 11.3 Å². The van der Waals surface area contributed by atoms with Crippen LogP contribution in [0.1, 0.15) is 18.4 Å². The largest absolute Gasteiger partial charge is 0.492 e. The molecule has 33 heavy (non-hydrogen) atoms. The summed E-state index contributed by atoms with van der Waals surface area (Å²) in [5, 5.41) is 6.85. The Balaban J connectivity index is 1.27. The summed E-state index contributed by atoms with van der Waals surface area (Å²) in [7, 11) is 1.98. The van der Waals surface area contributed by atoms with E-state index in [-0.39, 0.29) is 0 Å². The number of rotatable bonds is 8. The van der Waals surface area contributed by atoms with E-state index in [0.29, 0.717) is 5.95 Å². The minimum Gasteiger partial charge on any atom is -0.492 e. The summed E-state index contributed by atoms with van der Waals surface area (Å²) >= 11 is 1.73. The lowest BCUT2D eigenvalue weighted by atomic mass is 10.2. The molecule has 1 aliphatic rings. The van der Waals surface area contributed by atoms with Crippen molar-refractivity contribution in [1.29, 1.82) is 0 Å². The summed E-state index contributed by atoms with van der Waals surface area (Å²) in [6, 6.07) is 16.5. The van der Waals surface area contributed by atoms with E-state index in [1.807, 2.05) is 49.3 Å². The van der Waals surface area contributed by atoms with Gasteiger partial charge in [-0.3, -0.25) is 4.90 Å². The molecule has 0 unspecified atom stereocenters. The first-order valence-corrected chi connectivity index (χ1v) is 12.3. The van der Waals surface area contributed by atoms with Crippen LogP contribution in [0.25, 0.3) is 10.1 Å². The van der Waals surface area contributed by atoms with Gasteiger partial charge in [-0.1, -0.05) is 18.2 Å². The molecule has 2 aromatic heterocycles. The summed E-state index contributed by atoms with van der Waals surface area (Å²) in [6.45, 7) is 6.14. The van der Waals surface area contributed by atoms with E-state index in [9.17, 15) is 0 Å². The van der Waals surface area contributed by atoms with Crippen LogP contribution < -0.4 is 15.0 Å². The van der Waals surface area contributed by atoms with Crippen molar-refractivity contribution in [3.8, 4) is 5.75 Å². The fourth-order valence-electron chi connectivity index (χ4n) is 4.10. The molecule has 1 saturated heterocycles. The molecule has 0 spiro atoms. The average molecular weight is 460 g/mol. The third kappa shape index (κ3) is 4.94. The first-order valence-electron chi connectivity index (χ1n) is 11.4. The molecule has 4 aromatic rings. The molecule has 0 amide bonds. The molecule has 2 aromatic carbocycles. The van der Waals surface area contributed by atoms with Crippen LogP contribution in [0.4, 0.5) is 23.1 Å². The minimum absolute atomic E-state index is 0.644. The topological polar surface area (TPSA) is 53.5 Å². The van der Waals surface area contributed by atoms with E-state index in [2.05, 4.69) is 44.8 Å². The van der Waals surface area contributed by atoms with E-state index >= 15 is 0 Å². The smallest absolute Gasteiger partial charge is 0.231 e. The monoisotopic (exact) mass is 459 g/mol. The van der Waals surface area contributed by atoms with Crippen LogP contribution in [0.2, 0.25) is 0 Å². The number of likely N-dealkylation sites (tertiary alicyclic amines) is 1. The zero-order valence-electron chi connectivity index (χ0n) is 19.1. The summed E-state index contributed by atoms with van der Waals surface area (Å²) in [5.74, 6) is 2.35. The van der Waals surface area contributed by atoms with Gasteiger partial charge in [0.1, 0.15) is 18.2 Å². The lowest BCUT2D eigenvalue weighted by Crippen LogP contribution is -2.25. The molecule has 170 valence electrons. The van der Waals surface area contributed by atoms with Crippen LogP contribution in [0, 0.1) is 6.92 Å². The molecular weight excluding hydrogens is 430 g/mol. The highest BCUT2D eigenvalue weighted by Gasteiger charge is 2.13. The Morgan fingerprint density at radius 1 is 1.09 bits per heavy atom. The van der Waals surface area contributed by atoms with Crippen LogP contribution in [0.15, 0.2) is 60.1 Å². The van der Waals surface area contributed by atoms with Gasteiger partial charge in [0.05, 0.1) is 5.69 Å². The maximum atomic E-state index is 5.94. The zero-order valence-corrected chi connectivity index (χ0v) is 19.9. The van der Waals surface area contributed by atoms with Gasteiger partial charge in [-0.05, 0) is 63.2 Å². The predicted octanol–water partition coefficient (Wildman–Crippen LogP) is 5.99. The van der Waals surface area contributed by atoms with Gasteiger partial charge in [-0.25, -0.2) is 4.98 Å². The lowest BCUT2D eigenvalue weighted by Gasteiger charge is -2.19. The van der Waals surface area contributed by atoms with Crippen LogP contribution in [-0.4, -0.2) is 48.2 Å². The number of anilines is 4. The second-order valence-corrected chi connectivity index (χ2v) is 9.33. The van der Waals surface area contributed by atoms with Crippen molar-refractivity contribution < 1.29 is 4.74 Å². The number of ether oxygens (including phenoxy) is 1. The summed E-state index contributed by atoms with van der Waals surface area (Å²) < 4.78 is 7.19. The number of aryl methyl sites for hydroxylation is 1. The van der Waals surface area contributed by atoms with Gasteiger partial charge in [-0.2, -0.15) is 4.98 Å². The Labute approximate surface area is 198 Å². The van der Waals surface area contributed by atoms with Gasteiger partial charge in [0.25, 0.3) is 0 Å². The van der Waals surface area contributed by atoms with Crippen LogP contribution in [0.3, 0.4) is 0 Å². The predicted molar refractivity (Wildman–Crippen MR) is 138 cm³/mol. The highest BCUT2D eigenvalue weighted by Crippen LogP contribution is 2.33. The number of hydrogen-bond acceptors (Lipinski definition) is 7. The van der Waals surface area contributed by atoms with Gasteiger partial charge < -0.3 is 15.0 Å². The third-order valence-electron chi connectivity index (χ3n) is 6.09. The highest BCUT2D eigenvalue weighted by atomic mass is 32.1. The van der Waals surface area contributed by atoms with E-state index in [1.165, 1.54) is 36.0 Å². The SMILES string of the molecule is Cc1cnc(N(C)c2ccc(OCCN3CCCC3)cc2)nc1Nc1csc2ccccc12. The fourth-order valence-corrected chi connectivity index (χ4v) is 5.00. The molecule has 7 heteroatoms. The molecule has 1 fully saturated rings. The first-order chi connectivity index (χ1) is 16.2. The second kappa shape index (κ2) is 9.77. The zero-order chi connectivity index (χ0) is 22.6. The van der Waals surface area contributed by atoms with E-state index in [4.69, 9.17) is 9.72 Å². The molecule has 1 N–H and O–H groups in total. The standard InChI is InChI=1S/C26H29N5OS/c1-19-17-27-26(29-25(19)28-23-18-33-24-8-4-3-7-22(23)24)30(2)20-9-11-21(12-10-20)32-16-15-31-13-5-6-14-31/h3-4,7-12,17-18H,5-6,13-16H2,1-2H3,(H,27,28,29). The Morgan fingerprint density at radius 3 is 2.70 bits per heavy atom. The molecule has 0 atom stereocenters. The highest BCUT2D eigenvalue weighted by molar-refractivity contribution is 7.17. The van der Waals surface area contributed by atoms with Gasteiger partial charge in [0.2, 0.25) is 5.95 Å². The number of fused-ring (bicyclic) bond motifs is 1. The van der Waals surface area contributed by atoms with Crippen LogP contribution >= 0.6 is 11.3 Å². The van der Waals surface area contributed by atoms with Crippen LogP contribution in [0.5, 0.6) is 5.75 Å². The molecule has 0 radical (unpaired) electrons. The van der Waals surface area contributed by atoms with E-state index in [1.54, 1.807) is 11.3 Å². The summed E-state index contributed by atoms with van der Waals surface area (Å²) in [4.78, 5) is 13.8. The molecule has 5 rings (SSSR count). The third-order valence-corrected chi connectivity index (χ3v) is 7.06. The second-order valence-electron chi connectivity index (χ2n) is 8.42. The quantitative estimate of drug-likeness (QED) is 0.349. The van der Waals surface area contributed by atoms with Crippen molar-refractivity contribution in [1.82, 2.24) is 14.9 Å². The lowest BCUT2D eigenvalue weighted by molar-refractivity contribution is 0.238. The molecule has 1 aliphatic heterocycles. The fraction of sp³-hybridized carbons (Fsp3) is 0.308. The van der Waals surface area contributed by atoms with Crippen molar-refractivity contribution in [2.45, 2.75) is 19.8 Å². The molecule has 6 nitrogen and oxygen atoms in total. The van der Waals surface area contributed by atoms with Crippen molar-refractivity contribution in [2.75, 3.05) is 43.5 Å². The van der Waals surface area contributed by atoms with Gasteiger partial charge in [0.15, 0.2) is 0 Å². The van der Waals surface area contributed by atoms with Crippen LogP contribution in [-0.2, 0) is 0 Å². The summed E-state index contributed by atoms with van der Waals surface area (Å²) in [6.07, 6.45) is 4.48. The summed E-state index contributed by atoms with van der Waals surface area (Å²) in [5.41, 5.74) is 3.09. The molecule has 0 saturated carbocycles. The maximum absolute atomic E-state index is 5.94. The van der Waals surface area contributed by atoms with Gasteiger partial charge >= 0.3 is 0 Å². The van der Waals surface area contributed by atoms with Crippen molar-refractivity contribution >= 4 is 44.6 Å². The van der Waals surface area contributed by atoms with Crippen molar-refractivity contribution in [2.24, 2.45) is 0 Å². The Morgan fingerprint density at radius 2 is 1.88 bits per heavy atom. The molecule has 0 bridgehead atoms. The number of aromatic nitrogens is 2. The van der Waals surface area contributed by atoms with E-state index < -0.39 is 0 Å². The normalized spacial score (nSPS) is 14.0. The number of thiophene rings is 1. The van der Waals surface area contributed by atoms with Gasteiger partial charge in [0, 0.05) is 46.5 Å². The minimum atomic E-state index is 0.644. The Bertz CT molecular complexity index is 1220. The Hall–Kier alpha value is -3.16. The number of benzene rings is 2. The molecule has 3 heterocycles. The molecule has 0 aliphatic carbocycles. The number of nitrogens with zero attached hydrogens (tertiary/aromatic N) is 4. The average Bonchev–Trinajstić information content (AvgIpc) is 3.51. The van der Waals surface area contributed by atoms with E-state index in [0.717, 1.165) is 41.7 Å². The Kier molecular flexibility index (Phi) is 6.41. The number of nitrogens with one attached hydrogen (secondary N) is 1. The molecular formula is C26H29N5OS. The maximum Gasteiger partial charge on any atom is 0.231 e. The number of hydrogen-bond donors (Lipinski definition) is 1.